The Morgan fingerprint density at radius 2 is 2.47 bits per heavy atom. The van der Waals surface area contributed by atoms with Crippen LogP contribution in [0.15, 0.2) is 6.20 Å². The van der Waals surface area contributed by atoms with Gasteiger partial charge in [-0.3, -0.25) is 4.68 Å². The first kappa shape index (κ1) is 12.6. The van der Waals surface area contributed by atoms with E-state index < -0.39 is 0 Å². The van der Waals surface area contributed by atoms with E-state index in [1.54, 1.807) is 0 Å². The summed E-state index contributed by atoms with van der Waals surface area (Å²) in [5.41, 5.74) is 2.52. The van der Waals surface area contributed by atoms with Gasteiger partial charge in [0, 0.05) is 38.0 Å². The second kappa shape index (κ2) is 5.65. The Morgan fingerprint density at radius 1 is 1.65 bits per heavy atom. The molecule has 0 radical (unpaired) electrons. The summed E-state index contributed by atoms with van der Waals surface area (Å²) in [7, 11) is 1.98. The lowest BCUT2D eigenvalue weighted by Gasteiger charge is -2.19. The van der Waals surface area contributed by atoms with E-state index in [9.17, 15) is 0 Å². The van der Waals surface area contributed by atoms with Crippen LogP contribution in [-0.2, 0) is 24.8 Å². The van der Waals surface area contributed by atoms with Gasteiger partial charge in [0.05, 0.1) is 12.3 Å². The van der Waals surface area contributed by atoms with Crippen LogP contribution in [0, 0.1) is 5.92 Å². The van der Waals surface area contributed by atoms with E-state index >= 15 is 0 Å². The van der Waals surface area contributed by atoms with Gasteiger partial charge >= 0.3 is 0 Å². The molecule has 1 fully saturated rings. The molecule has 1 aromatic rings. The first-order valence-electron chi connectivity index (χ1n) is 6.53. The predicted molar refractivity (Wildman–Crippen MR) is 67.8 cm³/mol. The fourth-order valence-corrected chi connectivity index (χ4v) is 2.41. The minimum absolute atomic E-state index is 0.516. The van der Waals surface area contributed by atoms with Crippen molar-refractivity contribution in [3.63, 3.8) is 0 Å². The van der Waals surface area contributed by atoms with Gasteiger partial charge in [-0.25, -0.2) is 0 Å². The number of ether oxygens (including phenoxy) is 1. The van der Waals surface area contributed by atoms with Crippen LogP contribution >= 0.6 is 0 Å². The summed E-state index contributed by atoms with van der Waals surface area (Å²) < 4.78 is 7.32. The topological polar surface area (TPSA) is 39.1 Å². The summed E-state index contributed by atoms with van der Waals surface area (Å²) in [6, 6.07) is 0.516. The largest absolute Gasteiger partial charge is 0.381 e. The third-order valence-electron chi connectivity index (χ3n) is 3.61. The van der Waals surface area contributed by atoms with Gasteiger partial charge in [-0.15, -0.1) is 0 Å². The summed E-state index contributed by atoms with van der Waals surface area (Å²) in [6.45, 7) is 7.14. The van der Waals surface area contributed by atoms with Crippen molar-refractivity contribution in [1.82, 2.24) is 15.1 Å². The molecule has 2 heterocycles. The summed E-state index contributed by atoms with van der Waals surface area (Å²) in [5.74, 6) is 0.664. The van der Waals surface area contributed by atoms with Crippen molar-refractivity contribution >= 4 is 0 Å². The maximum absolute atomic E-state index is 5.42. The zero-order valence-corrected chi connectivity index (χ0v) is 11.1. The number of aryl methyl sites for hydroxylation is 2. The Kier molecular flexibility index (Phi) is 4.18. The zero-order valence-electron chi connectivity index (χ0n) is 11.1. The minimum atomic E-state index is 0.516. The van der Waals surface area contributed by atoms with Crippen molar-refractivity contribution in [3.05, 3.63) is 17.5 Å². The quantitative estimate of drug-likeness (QED) is 0.843. The lowest BCUT2D eigenvalue weighted by atomic mass is 10.0. The molecular formula is C13H23N3O. The summed E-state index contributed by atoms with van der Waals surface area (Å²) in [5, 5.41) is 8.05. The molecule has 0 bridgehead atoms. The van der Waals surface area contributed by atoms with Crippen LogP contribution in [0.25, 0.3) is 0 Å². The van der Waals surface area contributed by atoms with Crippen molar-refractivity contribution in [1.29, 1.82) is 0 Å². The Bertz CT molecular complexity index is 356. The molecular weight excluding hydrogens is 214 g/mol. The number of nitrogens with zero attached hydrogens (tertiary/aromatic N) is 2. The molecule has 1 aliphatic heterocycles. The molecule has 17 heavy (non-hydrogen) atoms. The number of rotatable bonds is 5. The molecule has 4 nitrogen and oxygen atoms in total. The van der Waals surface area contributed by atoms with Crippen LogP contribution in [0.4, 0.5) is 0 Å². The molecule has 2 unspecified atom stereocenters. The zero-order chi connectivity index (χ0) is 12.3. The highest BCUT2D eigenvalue weighted by molar-refractivity contribution is 5.16. The maximum Gasteiger partial charge on any atom is 0.0666 e. The van der Waals surface area contributed by atoms with Crippen molar-refractivity contribution in [2.45, 2.75) is 39.3 Å². The Hall–Kier alpha value is -0.870. The normalized spacial score (nSPS) is 21.9. The molecule has 0 amide bonds. The van der Waals surface area contributed by atoms with E-state index in [1.165, 1.54) is 17.7 Å². The first-order valence-corrected chi connectivity index (χ1v) is 6.53. The van der Waals surface area contributed by atoms with Crippen LogP contribution < -0.4 is 5.32 Å². The lowest BCUT2D eigenvalue weighted by Crippen LogP contribution is -2.33. The van der Waals surface area contributed by atoms with Crippen molar-refractivity contribution in [3.8, 4) is 0 Å². The summed E-state index contributed by atoms with van der Waals surface area (Å²) in [4.78, 5) is 0. The van der Waals surface area contributed by atoms with Gasteiger partial charge in [0.15, 0.2) is 0 Å². The average Bonchev–Trinajstić information content (AvgIpc) is 2.94. The fourth-order valence-electron chi connectivity index (χ4n) is 2.41. The summed E-state index contributed by atoms with van der Waals surface area (Å²) in [6.07, 6.45) is 4.30. The molecule has 1 N–H and O–H groups in total. The Balaban J connectivity index is 1.87. The van der Waals surface area contributed by atoms with Crippen LogP contribution in [0.3, 0.4) is 0 Å². The summed E-state index contributed by atoms with van der Waals surface area (Å²) >= 11 is 0. The lowest BCUT2D eigenvalue weighted by molar-refractivity contribution is 0.178. The molecule has 96 valence electrons. The van der Waals surface area contributed by atoms with E-state index in [2.05, 4.69) is 30.5 Å². The molecule has 0 aliphatic carbocycles. The number of hydrogen-bond donors (Lipinski definition) is 1. The third-order valence-corrected chi connectivity index (χ3v) is 3.61. The molecule has 4 heteroatoms. The molecule has 0 saturated carbocycles. The van der Waals surface area contributed by atoms with Gasteiger partial charge in [-0.1, -0.05) is 6.92 Å². The second-order valence-electron chi connectivity index (χ2n) is 4.92. The highest BCUT2D eigenvalue weighted by Crippen LogP contribution is 2.17. The van der Waals surface area contributed by atoms with Gasteiger partial charge in [-0.05, 0) is 25.7 Å². The van der Waals surface area contributed by atoms with E-state index in [-0.39, 0.29) is 0 Å². The van der Waals surface area contributed by atoms with Crippen LogP contribution in [0.2, 0.25) is 0 Å². The van der Waals surface area contributed by atoms with Crippen LogP contribution in [0.5, 0.6) is 0 Å². The van der Waals surface area contributed by atoms with Crippen LogP contribution in [0.1, 0.15) is 31.5 Å². The molecule has 1 aromatic heterocycles. The average molecular weight is 237 g/mol. The SMILES string of the molecule is CCc1nn(C)cc1CNC(C)C1CCOC1. The molecule has 2 rings (SSSR count). The number of nitrogens with one attached hydrogen (secondary N) is 1. The third kappa shape index (κ3) is 3.07. The number of aromatic nitrogens is 2. The maximum atomic E-state index is 5.42. The molecule has 0 aromatic carbocycles. The van der Waals surface area contributed by atoms with Crippen molar-refractivity contribution in [2.75, 3.05) is 13.2 Å². The van der Waals surface area contributed by atoms with E-state index in [0.717, 1.165) is 26.2 Å². The molecule has 1 aliphatic rings. The highest BCUT2D eigenvalue weighted by atomic mass is 16.5. The molecule has 0 spiro atoms. The van der Waals surface area contributed by atoms with Crippen molar-refractivity contribution in [2.24, 2.45) is 13.0 Å². The van der Waals surface area contributed by atoms with Gasteiger partial charge in [0.2, 0.25) is 0 Å². The standard InChI is InChI=1S/C13H23N3O/c1-4-13-12(8-16(3)15-13)7-14-10(2)11-5-6-17-9-11/h8,10-11,14H,4-7,9H2,1-3H3. The second-order valence-corrected chi connectivity index (χ2v) is 4.92. The van der Waals surface area contributed by atoms with Gasteiger partial charge in [-0.2, -0.15) is 5.10 Å². The van der Waals surface area contributed by atoms with E-state index in [4.69, 9.17) is 4.74 Å². The van der Waals surface area contributed by atoms with Gasteiger partial charge < -0.3 is 10.1 Å². The van der Waals surface area contributed by atoms with E-state index in [1.807, 2.05) is 11.7 Å². The smallest absolute Gasteiger partial charge is 0.0666 e. The monoisotopic (exact) mass is 237 g/mol. The van der Waals surface area contributed by atoms with E-state index in [0.29, 0.717) is 12.0 Å². The number of hydrogen-bond acceptors (Lipinski definition) is 3. The highest BCUT2D eigenvalue weighted by Gasteiger charge is 2.22. The van der Waals surface area contributed by atoms with Gasteiger partial charge in [0.25, 0.3) is 0 Å². The predicted octanol–water partition coefficient (Wildman–Crippen LogP) is 1.50. The van der Waals surface area contributed by atoms with Crippen molar-refractivity contribution < 1.29 is 4.74 Å². The molecule has 1 saturated heterocycles. The Morgan fingerprint density at radius 3 is 3.12 bits per heavy atom. The Labute approximate surface area is 103 Å². The molecule has 2 atom stereocenters. The van der Waals surface area contributed by atoms with Gasteiger partial charge in [0.1, 0.15) is 0 Å². The van der Waals surface area contributed by atoms with Crippen LogP contribution in [-0.4, -0.2) is 29.0 Å². The first-order chi connectivity index (χ1) is 8.20. The minimum Gasteiger partial charge on any atom is -0.381 e. The fraction of sp³-hybridized carbons (Fsp3) is 0.769.